The summed E-state index contributed by atoms with van der Waals surface area (Å²) in [6, 6.07) is 7.79. The van der Waals surface area contributed by atoms with Gasteiger partial charge in [-0.05, 0) is 44.0 Å². The van der Waals surface area contributed by atoms with E-state index in [1.807, 2.05) is 0 Å². The molecule has 9 nitrogen and oxygen atoms in total. The summed E-state index contributed by atoms with van der Waals surface area (Å²) in [7, 11) is 0. The lowest BCUT2D eigenvalue weighted by molar-refractivity contribution is -0.386. The van der Waals surface area contributed by atoms with E-state index in [0.717, 1.165) is 5.56 Å². The number of carbonyl (C=O) groups is 1. The zero-order valence-corrected chi connectivity index (χ0v) is 18.4. The summed E-state index contributed by atoms with van der Waals surface area (Å²) >= 11 is 12.1. The van der Waals surface area contributed by atoms with Crippen LogP contribution in [0.1, 0.15) is 34.0 Å². The van der Waals surface area contributed by atoms with Gasteiger partial charge < -0.3 is 14.5 Å². The van der Waals surface area contributed by atoms with Crippen LogP contribution in [0.4, 0.5) is 5.69 Å². The second-order valence-electron chi connectivity index (χ2n) is 6.81. The fraction of sp³-hybridized carbons (Fsp3) is 0.300. The smallest absolute Gasteiger partial charge is 0.311 e. The van der Waals surface area contributed by atoms with Gasteiger partial charge in [0.15, 0.2) is 11.5 Å². The standard InChI is InChI=1S/C20H20Cl2N4O5/c1-12-4-6-16(15(10-12)26(28)29)30-11-14-5-7-17(31-14)20(27)23-8-3-9-25-19(22)18(21)13(2)24-25/h4-7,10H,3,8-9,11H2,1-2H3,(H,23,27). The van der Waals surface area contributed by atoms with E-state index in [0.29, 0.717) is 41.1 Å². The number of nitro groups is 1. The van der Waals surface area contributed by atoms with Gasteiger partial charge in [-0.25, -0.2) is 0 Å². The Labute approximate surface area is 188 Å². The molecule has 3 rings (SSSR count). The number of nitro benzene ring substituents is 1. The number of halogens is 2. The van der Waals surface area contributed by atoms with Crippen molar-refractivity contribution in [2.75, 3.05) is 6.54 Å². The van der Waals surface area contributed by atoms with Crippen LogP contribution in [0.2, 0.25) is 10.2 Å². The Balaban J connectivity index is 1.49. The number of benzene rings is 1. The van der Waals surface area contributed by atoms with Crippen molar-refractivity contribution < 1.29 is 18.9 Å². The molecule has 3 aromatic rings. The molecule has 0 spiro atoms. The Morgan fingerprint density at radius 1 is 1.29 bits per heavy atom. The minimum Gasteiger partial charge on any atom is -0.479 e. The van der Waals surface area contributed by atoms with Crippen LogP contribution < -0.4 is 10.1 Å². The summed E-state index contributed by atoms with van der Waals surface area (Å²) < 4.78 is 12.6. The molecule has 0 aliphatic rings. The second kappa shape index (κ2) is 9.84. The fourth-order valence-corrected chi connectivity index (χ4v) is 3.21. The van der Waals surface area contributed by atoms with Crippen molar-refractivity contribution >= 4 is 34.8 Å². The average Bonchev–Trinajstić information content (AvgIpc) is 3.31. The molecule has 2 heterocycles. The highest BCUT2D eigenvalue weighted by Crippen LogP contribution is 2.28. The Morgan fingerprint density at radius 3 is 2.74 bits per heavy atom. The molecule has 0 saturated carbocycles. The van der Waals surface area contributed by atoms with E-state index < -0.39 is 4.92 Å². The van der Waals surface area contributed by atoms with Crippen LogP contribution in [-0.4, -0.2) is 27.2 Å². The predicted molar refractivity (Wildman–Crippen MR) is 115 cm³/mol. The van der Waals surface area contributed by atoms with Crippen LogP contribution in [0, 0.1) is 24.0 Å². The zero-order chi connectivity index (χ0) is 22.5. The van der Waals surface area contributed by atoms with Crippen LogP contribution in [0.25, 0.3) is 0 Å². The Morgan fingerprint density at radius 2 is 2.06 bits per heavy atom. The summed E-state index contributed by atoms with van der Waals surface area (Å²) in [6.07, 6.45) is 0.594. The molecule has 2 aromatic heterocycles. The predicted octanol–water partition coefficient (Wildman–Crippen LogP) is 4.71. The summed E-state index contributed by atoms with van der Waals surface area (Å²) in [5.74, 6) is 0.237. The number of aromatic nitrogens is 2. The van der Waals surface area contributed by atoms with Crippen LogP contribution in [0.3, 0.4) is 0 Å². The van der Waals surface area contributed by atoms with Crippen molar-refractivity contribution in [1.82, 2.24) is 15.1 Å². The summed E-state index contributed by atoms with van der Waals surface area (Å²) in [5, 5.41) is 18.9. The summed E-state index contributed by atoms with van der Waals surface area (Å²) in [6.45, 7) is 4.36. The first-order valence-corrected chi connectivity index (χ1v) is 10.1. The number of ether oxygens (including phenoxy) is 1. The SMILES string of the molecule is Cc1ccc(OCc2ccc(C(=O)NCCCn3nc(C)c(Cl)c3Cl)o2)c([N+](=O)[O-])c1. The third kappa shape index (κ3) is 5.56. The third-order valence-corrected chi connectivity index (χ3v) is 5.33. The molecule has 0 atom stereocenters. The zero-order valence-electron chi connectivity index (χ0n) is 16.9. The minimum atomic E-state index is -0.505. The van der Waals surface area contributed by atoms with Gasteiger partial charge in [0.2, 0.25) is 0 Å². The van der Waals surface area contributed by atoms with E-state index >= 15 is 0 Å². The number of nitrogens with zero attached hydrogens (tertiary/aromatic N) is 3. The fourth-order valence-electron chi connectivity index (χ4n) is 2.82. The first kappa shape index (κ1) is 22.6. The molecule has 31 heavy (non-hydrogen) atoms. The Bertz CT molecular complexity index is 1110. The molecule has 0 unspecified atom stereocenters. The van der Waals surface area contributed by atoms with Gasteiger partial charge >= 0.3 is 5.69 Å². The largest absolute Gasteiger partial charge is 0.479 e. The van der Waals surface area contributed by atoms with Crippen molar-refractivity contribution in [1.29, 1.82) is 0 Å². The highest BCUT2D eigenvalue weighted by atomic mass is 35.5. The molecule has 0 aliphatic carbocycles. The van der Waals surface area contributed by atoms with E-state index in [2.05, 4.69) is 10.4 Å². The molecule has 0 fully saturated rings. The molecule has 1 aromatic carbocycles. The van der Waals surface area contributed by atoms with Crippen LogP contribution >= 0.6 is 23.2 Å². The molecule has 0 saturated heterocycles. The maximum Gasteiger partial charge on any atom is 0.311 e. The molecule has 11 heteroatoms. The van der Waals surface area contributed by atoms with E-state index in [1.54, 1.807) is 30.7 Å². The molecule has 164 valence electrons. The van der Waals surface area contributed by atoms with E-state index in [4.69, 9.17) is 32.4 Å². The quantitative estimate of drug-likeness (QED) is 0.277. The van der Waals surface area contributed by atoms with Crippen LogP contribution in [-0.2, 0) is 13.2 Å². The van der Waals surface area contributed by atoms with Crippen LogP contribution in [0.15, 0.2) is 34.7 Å². The van der Waals surface area contributed by atoms with Crippen molar-refractivity contribution in [3.05, 3.63) is 73.4 Å². The van der Waals surface area contributed by atoms with Gasteiger partial charge in [0, 0.05) is 19.2 Å². The summed E-state index contributed by atoms with van der Waals surface area (Å²) in [4.78, 5) is 22.9. The van der Waals surface area contributed by atoms with Crippen molar-refractivity contribution in [3.8, 4) is 5.75 Å². The summed E-state index contributed by atoms with van der Waals surface area (Å²) in [5.41, 5.74) is 1.28. The van der Waals surface area contributed by atoms with E-state index in [9.17, 15) is 14.9 Å². The lowest BCUT2D eigenvalue weighted by Gasteiger charge is -2.06. The molecule has 0 radical (unpaired) electrons. The number of nitrogens with one attached hydrogen (secondary N) is 1. The molecular weight excluding hydrogens is 447 g/mol. The lowest BCUT2D eigenvalue weighted by atomic mass is 10.2. The molecule has 1 amide bonds. The van der Waals surface area contributed by atoms with Gasteiger partial charge in [0.1, 0.15) is 22.5 Å². The van der Waals surface area contributed by atoms with E-state index in [-0.39, 0.29) is 29.7 Å². The van der Waals surface area contributed by atoms with Gasteiger partial charge in [-0.1, -0.05) is 29.3 Å². The average molecular weight is 467 g/mol. The number of carbonyl (C=O) groups excluding carboxylic acids is 1. The molecule has 0 aliphatic heterocycles. The number of rotatable bonds is 9. The van der Waals surface area contributed by atoms with Crippen LogP contribution in [0.5, 0.6) is 5.75 Å². The first-order valence-electron chi connectivity index (χ1n) is 9.39. The number of hydrogen-bond donors (Lipinski definition) is 1. The normalized spacial score (nSPS) is 10.8. The highest BCUT2D eigenvalue weighted by molar-refractivity contribution is 6.41. The van der Waals surface area contributed by atoms with Crippen molar-refractivity contribution in [3.63, 3.8) is 0 Å². The van der Waals surface area contributed by atoms with E-state index in [1.165, 1.54) is 18.2 Å². The lowest BCUT2D eigenvalue weighted by Crippen LogP contribution is -2.25. The Kier molecular flexibility index (Phi) is 7.19. The number of amides is 1. The minimum absolute atomic E-state index is 0.0465. The monoisotopic (exact) mass is 466 g/mol. The van der Waals surface area contributed by atoms with Gasteiger partial charge in [0.05, 0.1) is 10.6 Å². The number of aryl methyl sites for hydroxylation is 3. The maximum atomic E-state index is 12.2. The first-order chi connectivity index (χ1) is 14.8. The number of hydrogen-bond acceptors (Lipinski definition) is 6. The van der Waals surface area contributed by atoms with Gasteiger partial charge in [0.25, 0.3) is 5.91 Å². The topological polar surface area (TPSA) is 112 Å². The molecular formula is C20H20Cl2N4O5. The maximum absolute atomic E-state index is 12.2. The second-order valence-corrected chi connectivity index (χ2v) is 7.54. The molecule has 1 N–H and O–H groups in total. The van der Waals surface area contributed by atoms with Crippen molar-refractivity contribution in [2.45, 2.75) is 33.4 Å². The van der Waals surface area contributed by atoms with Gasteiger partial charge in [-0.3, -0.25) is 19.6 Å². The van der Waals surface area contributed by atoms with Gasteiger partial charge in [-0.15, -0.1) is 0 Å². The molecule has 0 bridgehead atoms. The number of furan rings is 1. The third-order valence-electron chi connectivity index (χ3n) is 4.39. The Hall–Kier alpha value is -3.04. The highest BCUT2D eigenvalue weighted by Gasteiger charge is 2.17. The van der Waals surface area contributed by atoms with Crippen molar-refractivity contribution in [2.24, 2.45) is 0 Å². The van der Waals surface area contributed by atoms with Gasteiger partial charge in [-0.2, -0.15) is 5.10 Å².